The topological polar surface area (TPSA) is 76.2 Å². The summed E-state index contributed by atoms with van der Waals surface area (Å²) in [6.45, 7) is 8.92. The van der Waals surface area contributed by atoms with E-state index < -0.39 is 11.7 Å². The molecule has 7 heteroatoms. The van der Waals surface area contributed by atoms with Crippen molar-refractivity contribution in [3.63, 3.8) is 0 Å². The first-order valence-corrected chi connectivity index (χ1v) is 10.2. The van der Waals surface area contributed by atoms with Crippen LogP contribution < -0.4 is 14.5 Å². The normalized spacial score (nSPS) is 15.8. The predicted molar refractivity (Wildman–Crippen MR) is 119 cm³/mol. The molecule has 0 fully saturated rings. The predicted octanol–water partition coefficient (Wildman–Crippen LogP) is 4.44. The number of ether oxygens (including phenoxy) is 2. The van der Waals surface area contributed by atoms with Crippen LogP contribution in [0.15, 0.2) is 48.5 Å². The van der Waals surface area contributed by atoms with Gasteiger partial charge in [0.25, 0.3) is 5.91 Å². The summed E-state index contributed by atoms with van der Waals surface area (Å²) in [5, 5.41) is 0. The first-order chi connectivity index (χ1) is 14.6. The Morgan fingerprint density at radius 3 is 2.35 bits per heavy atom. The number of anilines is 2. The van der Waals surface area contributed by atoms with Gasteiger partial charge in [-0.3, -0.25) is 14.5 Å². The van der Waals surface area contributed by atoms with Crippen LogP contribution in [0.4, 0.5) is 16.2 Å². The van der Waals surface area contributed by atoms with Gasteiger partial charge < -0.3 is 14.4 Å². The van der Waals surface area contributed by atoms with Crippen LogP contribution in [0.5, 0.6) is 5.75 Å². The van der Waals surface area contributed by atoms with Crippen LogP contribution in [0.1, 0.15) is 45.0 Å². The Morgan fingerprint density at radius 1 is 1.03 bits per heavy atom. The van der Waals surface area contributed by atoms with E-state index in [0.29, 0.717) is 29.2 Å². The van der Waals surface area contributed by atoms with Crippen LogP contribution in [-0.4, -0.2) is 42.6 Å². The van der Waals surface area contributed by atoms with Crippen LogP contribution in [0.3, 0.4) is 0 Å². The van der Waals surface area contributed by atoms with Crippen molar-refractivity contribution in [2.75, 3.05) is 23.0 Å². The molecule has 0 radical (unpaired) electrons. The maximum Gasteiger partial charge on any atom is 0.414 e. The van der Waals surface area contributed by atoms with Crippen LogP contribution in [-0.2, 0) is 9.53 Å². The van der Waals surface area contributed by atoms with Gasteiger partial charge in [0, 0.05) is 12.1 Å². The summed E-state index contributed by atoms with van der Waals surface area (Å²) in [4.78, 5) is 40.6. The molecule has 1 aliphatic rings. The first-order valence-electron chi connectivity index (χ1n) is 10.2. The summed E-state index contributed by atoms with van der Waals surface area (Å²) < 4.78 is 11.2. The molecule has 0 aromatic heterocycles. The summed E-state index contributed by atoms with van der Waals surface area (Å²) in [6, 6.07) is 13.7. The van der Waals surface area contributed by atoms with Crippen molar-refractivity contribution in [2.24, 2.45) is 0 Å². The minimum atomic E-state index is -0.621. The van der Waals surface area contributed by atoms with Gasteiger partial charge in [0.1, 0.15) is 11.4 Å². The van der Waals surface area contributed by atoms with Crippen molar-refractivity contribution >= 4 is 29.2 Å². The number of hydrogen-bond acceptors (Lipinski definition) is 5. The Bertz CT molecular complexity index is 995. The highest BCUT2D eigenvalue weighted by atomic mass is 16.6. The Kier molecular flexibility index (Phi) is 6.34. The van der Waals surface area contributed by atoms with Gasteiger partial charge >= 0.3 is 6.09 Å². The molecular weight excluding hydrogens is 396 g/mol. The average molecular weight is 424 g/mol. The molecule has 0 saturated carbocycles. The SMILES string of the molecule is CC(=O)c1cccc(OCC(=O)N2c3ccccc3N(C(=O)OC(C)(C)C)CC2C)c1. The molecule has 0 aliphatic carbocycles. The molecule has 1 aliphatic heterocycles. The number of ketones is 1. The van der Waals surface area contributed by atoms with Crippen molar-refractivity contribution in [3.8, 4) is 5.75 Å². The molecule has 1 atom stereocenters. The largest absolute Gasteiger partial charge is 0.484 e. The number of amides is 2. The maximum absolute atomic E-state index is 13.1. The molecule has 2 amide bonds. The number of Topliss-reactive ketones (excluding diaryl/α,β-unsaturated/α-hetero) is 1. The van der Waals surface area contributed by atoms with Crippen LogP contribution in [0.25, 0.3) is 0 Å². The molecule has 2 aromatic carbocycles. The zero-order valence-electron chi connectivity index (χ0n) is 18.5. The standard InChI is InChI=1S/C24H28N2O5/c1-16-14-25(23(29)31-24(3,4)5)20-11-6-7-12-21(20)26(16)22(28)15-30-19-10-8-9-18(13-19)17(2)27/h6-13,16H,14-15H2,1-5H3. The number of carbonyl (C=O) groups is 3. The molecule has 7 nitrogen and oxygen atoms in total. The second-order valence-corrected chi connectivity index (χ2v) is 8.57. The van der Waals surface area contributed by atoms with Crippen molar-refractivity contribution in [2.45, 2.75) is 46.3 Å². The Hall–Kier alpha value is -3.35. The summed E-state index contributed by atoms with van der Waals surface area (Å²) in [5.41, 5.74) is 1.14. The van der Waals surface area contributed by atoms with Crippen molar-refractivity contribution in [3.05, 3.63) is 54.1 Å². The van der Waals surface area contributed by atoms with Gasteiger partial charge in [-0.2, -0.15) is 0 Å². The fourth-order valence-electron chi connectivity index (χ4n) is 3.47. The molecule has 0 N–H and O–H groups in total. The van der Waals surface area contributed by atoms with Crippen LogP contribution >= 0.6 is 0 Å². The molecule has 0 bridgehead atoms. The summed E-state index contributed by atoms with van der Waals surface area (Å²) in [5.74, 6) is 0.143. The summed E-state index contributed by atoms with van der Waals surface area (Å²) in [7, 11) is 0. The monoisotopic (exact) mass is 424 g/mol. The zero-order chi connectivity index (χ0) is 22.8. The molecule has 31 heavy (non-hydrogen) atoms. The maximum atomic E-state index is 13.1. The summed E-state index contributed by atoms with van der Waals surface area (Å²) >= 11 is 0. The van der Waals surface area contributed by atoms with E-state index in [-0.39, 0.29) is 24.3 Å². The van der Waals surface area contributed by atoms with Gasteiger partial charge in [-0.15, -0.1) is 0 Å². The lowest BCUT2D eigenvalue weighted by atomic mass is 10.1. The van der Waals surface area contributed by atoms with Gasteiger partial charge in [-0.25, -0.2) is 4.79 Å². The van der Waals surface area contributed by atoms with Crippen molar-refractivity contribution < 1.29 is 23.9 Å². The van der Waals surface area contributed by atoms with E-state index >= 15 is 0 Å². The molecule has 1 heterocycles. The minimum absolute atomic E-state index is 0.0717. The molecule has 0 saturated heterocycles. The molecule has 3 rings (SSSR count). The fraction of sp³-hybridized carbons (Fsp3) is 0.375. The number of benzene rings is 2. The number of nitrogens with zero attached hydrogens (tertiary/aromatic N) is 2. The van der Waals surface area contributed by atoms with Crippen molar-refractivity contribution in [1.82, 2.24) is 0 Å². The third-order valence-corrected chi connectivity index (χ3v) is 4.81. The molecule has 0 spiro atoms. The number of hydrogen-bond donors (Lipinski definition) is 0. The Balaban J connectivity index is 1.80. The van der Waals surface area contributed by atoms with E-state index in [9.17, 15) is 14.4 Å². The molecule has 1 unspecified atom stereocenters. The number of rotatable bonds is 4. The second-order valence-electron chi connectivity index (χ2n) is 8.57. The second kappa shape index (κ2) is 8.79. The Morgan fingerprint density at radius 2 is 1.71 bits per heavy atom. The highest BCUT2D eigenvalue weighted by Gasteiger charge is 2.36. The van der Waals surface area contributed by atoms with E-state index in [2.05, 4.69) is 0 Å². The lowest BCUT2D eigenvalue weighted by molar-refractivity contribution is -0.121. The fourth-order valence-corrected chi connectivity index (χ4v) is 3.47. The van der Waals surface area contributed by atoms with Gasteiger partial charge in [0.05, 0.1) is 17.4 Å². The minimum Gasteiger partial charge on any atom is -0.484 e. The van der Waals surface area contributed by atoms with E-state index in [0.717, 1.165) is 0 Å². The van der Waals surface area contributed by atoms with Crippen LogP contribution in [0.2, 0.25) is 0 Å². The van der Waals surface area contributed by atoms with E-state index in [1.807, 2.05) is 39.8 Å². The molecular formula is C24H28N2O5. The quantitative estimate of drug-likeness (QED) is 0.678. The van der Waals surface area contributed by atoms with Crippen molar-refractivity contribution in [1.29, 1.82) is 0 Å². The lowest BCUT2D eigenvalue weighted by Crippen LogP contribution is -2.53. The van der Waals surface area contributed by atoms with Crippen LogP contribution in [0, 0.1) is 0 Å². The number of carbonyl (C=O) groups excluding carboxylic acids is 3. The highest BCUT2D eigenvalue weighted by molar-refractivity contribution is 6.03. The number of fused-ring (bicyclic) bond motifs is 1. The van der Waals surface area contributed by atoms with Gasteiger partial charge in [-0.05, 0) is 58.9 Å². The highest BCUT2D eigenvalue weighted by Crippen LogP contribution is 2.36. The summed E-state index contributed by atoms with van der Waals surface area (Å²) in [6.07, 6.45) is -0.448. The van der Waals surface area contributed by atoms with Gasteiger partial charge in [0.15, 0.2) is 12.4 Å². The third-order valence-electron chi connectivity index (χ3n) is 4.81. The smallest absolute Gasteiger partial charge is 0.414 e. The lowest BCUT2D eigenvalue weighted by Gasteiger charge is -2.41. The average Bonchev–Trinajstić information content (AvgIpc) is 2.70. The van der Waals surface area contributed by atoms with Gasteiger partial charge in [-0.1, -0.05) is 24.3 Å². The molecule has 2 aromatic rings. The van der Waals surface area contributed by atoms with E-state index in [1.165, 1.54) is 6.92 Å². The zero-order valence-corrected chi connectivity index (χ0v) is 18.5. The number of para-hydroxylation sites is 2. The molecule has 164 valence electrons. The van der Waals surface area contributed by atoms with Gasteiger partial charge in [0.2, 0.25) is 0 Å². The first kappa shape index (κ1) is 22.3. The van der Waals surface area contributed by atoms with E-state index in [1.54, 1.807) is 46.2 Å². The third kappa shape index (κ3) is 5.23. The van der Waals surface area contributed by atoms with E-state index in [4.69, 9.17) is 9.47 Å². The Labute approximate surface area is 182 Å².